The average Bonchev–Trinajstić information content (AvgIpc) is 2.67. The molecule has 1 aromatic heterocycles. The van der Waals surface area contributed by atoms with Crippen LogP contribution in [-0.4, -0.2) is 27.3 Å². The molecule has 0 aliphatic rings. The van der Waals surface area contributed by atoms with Gasteiger partial charge in [-0.15, -0.1) is 0 Å². The molecule has 0 radical (unpaired) electrons. The van der Waals surface area contributed by atoms with E-state index in [1.54, 1.807) is 25.2 Å². The molecule has 0 fully saturated rings. The third kappa shape index (κ3) is 1.88. The molecule has 7 heteroatoms. The van der Waals surface area contributed by atoms with Crippen molar-refractivity contribution in [3.05, 3.63) is 18.2 Å². The second-order valence-corrected chi connectivity index (χ2v) is 3.10. The van der Waals surface area contributed by atoms with Crippen LogP contribution in [0, 0.1) is 0 Å². The molecule has 7 nitrogen and oxygen atoms in total. The molecule has 0 saturated carbocycles. The first kappa shape index (κ1) is 10.2. The Hall–Kier alpha value is -2.31. The van der Waals surface area contributed by atoms with E-state index in [-0.39, 0.29) is 6.01 Å². The summed E-state index contributed by atoms with van der Waals surface area (Å²) in [5, 5.41) is 10.8. The Bertz CT molecular complexity index is 496. The summed E-state index contributed by atoms with van der Waals surface area (Å²) in [6, 6.07) is 5.35. The molecule has 0 aliphatic carbocycles. The topological polar surface area (TPSA) is 88.1 Å². The van der Waals surface area contributed by atoms with Crippen LogP contribution in [0.1, 0.15) is 0 Å². The Morgan fingerprint density at radius 1 is 1.31 bits per heavy atom. The maximum atomic E-state index is 5.63. The lowest BCUT2D eigenvalue weighted by atomic mass is 10.3. The van der Waals surface area contributed by atoms with Crippen LogP contribution >= 0.6 is 0 Å². The summed E-state index contributed by atoms with van der Waals surface area (Å²) in [5.74, 6) is 1.04. The Morgan fingerprint density at radius 3 is 2.75 bits per heavy atom. The van der Waals surface area contributed by atoms with E-state index in [4.69, 9.17) is 15.2 Å². The van der Waals surface area contributed by atoms with E-state index in [9.17, 15) is 0 Å². The highest BCUT2D eigenvalue weighted by Crippen LogP contribution is 2.31. The molecule has 0 bridgehead atoms. The summed E-state index contributed by atoms with van der Waals surface area (Å²) in [6.07, 6.45) is 0. The standard InChI is InChI=1S/C9H11N5O2/c1-14-9(11-12-13-14)16-7-4-3-6(10)5-8(7)15-2/h3-5H,10H2,1-2H3. The van der Waals surface area contributed by atoms with E-state index < -0.39 is 0 Å². The zero-order valence-corrected chi connectivity index (χ0v) is 8.91. The summed E-state index contributed by atoms with van der Waals surface area (Å²) < 4.78 is 12.0. The predicted octanol–water partition coefficient (Wildman–Crippen LogP) is 0.593. The minimum Gasteiger partial charge on any atom is -0.493 e. The molecule has 2 rings (SSSR count). The smallest absolute Gasteiger partial charge is 0.340 e. The maximum absolute atomic E-state index is 5.63. The van der Waals surface area contributed by atoms with Crippen molar-refractivity contribution in [2.24, 2.45) is 7.05 Å². The van der Waals surface area contributed by atoms with E-state index in [0.29, 0.717) is 17.2 Å². The summed E-state index contributed by atoms with van der Waals surface area (Å²) in [4.78, 5) is 0. The minimum absolute atomic E-state index is 0.281. The van der Waals surface area contributed by atoms with E-state index >= 15 is 0 Å². The van der Waals surface area contributed by atoms with Gasteiger partial charge in [-0.2, -0.15) is 4.68 Å². The first-order chi connectivity index (χ1) is 7.70. The summed E-state index contributed by atoms with van der Waals surface area (Å²) in [5.41, 5.74) is 6.22. The Labute approximate surface area is 91.8 Å². The Kier molecular flexibility index (Phi) is 2.59. The van der Waals surface area contributed by atoms with Gasteiger partial charge in [0.1, 0.15) is 0 Å². The third-order valence-electron chi connectivity index (χ3n) is 1.97. The van der Waals surface area contributed by atoms with Gasteiger partial charge in [-0.25, -0.2) is 0 Å². The van der Waals surface area contributed by atoms with Crippen molar-refractivity contribution in [3.8, 4) is 17.5 Å². The van der Waals surface area contributed by atoms with E-state index in [1.807, 2.05) is 0 Å². The fourth-order valence-electron chi connectivity index (χ4n) is 1.17. The molecule has 0 amide bonds. The van der Waals surface area contributed by atoms with Crippen molar-refractivity contribution < 1.29 is 9.47 Å². The van der Waals surface area contributed by atoms with Gasteiger partial charge >= 0.3 is 6.01 Å². The first-order valence-corrected chi connectivity index (χ1v) is 4.54. The fraction of sp³-hybridized carbons (Fsp3) is 0.222. The summed E-state index contributed by atoms with van der Waals surface area (Å²) in [7, 11) is 3.22. The Balaban J connectivity index is 2.31. The number of nitrogens with zero attached hydrogens (tertiary/aromatic N) is 4. The molecule has 0 unspecified atom stereocenters. The second kappa shape index (κ2) is 4.05. The number of methoxy groups -OCH3 is 1. The number of ether oxygens (including phenoxy) is 2. The number of rotatable bonds is 3. The molecule has 0 spiro atoms. The van der Waals surface area contributed by atoms with E-state index in [0.717, 1.165) is 0 Å². The van der Waals surface area contributed by atoms with Gasteiger partial charge in [0.15, 0.2) is 11.5 Å². The molecule has 1 aromatic carbocycles. The van der Waals surface area contributed by atoms with Crippen LogP contribution in [0.3, 0.4) is 0 Å². The molecule has 0 atom stereocenters. The zero-order valence-electron chi connectivity index (χ0n) is 8.91. The van der Waals surface area contributed by atoms with Crippen LogP contribution in [0.5, 0.6) is 17.5 Å². The first-order valence-electron chi connectivity index (χ1n) is 4.54. The number of nitrogen functional groups attached to an aromatic ring is 1. The van der Waals surface area contributed by atoms with Gasteiger partial charge in [0, 0.05) is 18.8 Å². The fourth-order valence-corrected chi connectivity index (χ4v) is 1.17. The lowest BCUT2D eigenvalue weighted by Gasteiger charge is -2.08. The van der Waals surface area contributed by atoms with Gasteiger partial charge in [0.2, 0.25) is 0 Å². The normalized spacial score (nSPS) is 10.1. The zero-order chi connectivity index (χ0) is 11.5. The van der Waals surface area contributed by atoms with Crippen LogP contribution in [0.2, 0.25) is 0 Å². The van der Waals surface area contributed by atoms with Crippen molar-refractivity contribution >= 4 is 5.69 Å². The second-order valence-electron chi connectivity index (χ2n) is 3.10. The van der Waals surface area contributed by atoms with Crippen LogP contribution < -0.4 is 15.2 Å². The van der Waals surface area contributed by atoms with E-state index in [2.05, 4.69) is 15.5 Å². The molecular formula is C9H11N5O2. The molecule has 2 aromatic rings. The largest absolute Gasteiger partial charge is 0.493 e. The van der Waals surface area contributed by atoms with Gasteiger partial charge in [-0.05, 0) is 22.6 Å². The number of benzene rings is 1. The third-order valence-corrected chi connectivity index (χ3v) is 1.97. The number of tetrazole rings is 1. The van der Waals surface area contributed by atoms with Crippen molar-refractivity contribution in [2.75, 3.05) is 12.8 Å². The predicted molar refractivity (Wildman–Crippen MR) is 56.3 cm³/mol. The highest BCUT2D eigenvalue weighted by atomic mass is 16.5. The quantitative estimate of drug-likeness (QED) is 0.763. The SMILES string of the molecule is COc1cc(N)ccc1Oc1nnnn1C. The number of hydrogen-bond donors (Lipinski definition) is 1. The van der Waals surface area contributed by atoms with Crippen LogP contribution in [0.25, 0.3) is 0 Å². The van der Waals surface area contributed by atoms with Gasteiger partial charge in [0.05, 0.1) is 7.11 Å². The molecule has 16 heavy (non-hydrogen) atoms. The van der Waals surface area contributed by atoms with Gasteiger partial charge in [-0.3, -0.25) is 0 Å². The number of aromatic nitrogens is 4. The number of aryl methyl sites for hydroxylation is 1. The van der Waals surface area contributed by atoms with Crippen LogP contribution in [0.15, 0.2) is 18.2 Å². The van der Waals surface area contributed by atoms with Crippen molar-refractivity contribution in [2.45, 2.75) is 0 Å². The Morgan fingerprint density at radius 2 is 2.12 bits per heavy atom. The summed E-state index contributed by atoms with van der Waals surface area (Å²) >= 11 is 0. The monoisotopic (exact) mass is 221 g/mol. The van der Waals surface area contributed by atoms with Gasteiger partial charge < -0.3 is 15.2 Å². The van der Waals surface area contributed by atoms with Gasteiger partial charge in [0.25, 0.3) is 0 Å². The molecular weight excluding hydrogens is 210 g/mol. The maximum Gasteiger partial charge on any atom is 0.340 e. The average molecular weight is 221 g/mol. The van der Waals surface area contributed by atoms with Gasteiger partial charge in [-0.1, -0.05) is 5.10 Å². The minimum atomic E-state index is 0.281. The molecule has 1 heterocycles. The number of anilines is 1. The van der Waals surface area contributed by atoms with Crippen molar-refractivity contribution in [3.63, 3.8) is 0 Å². The number of nitrogens with two attached hydrogens (primary N) is 1. The highest BCUT2D eigenvalue weighted by molar-refractivity contribution is 5.52. The van der Waals surface area contributed by atoms with Crippen LogP contribution in [-0.2, 0) is 7.05 Å². The molecule has 0 saturated heterocycles. The molecule has 2 N–H and O–H groups in total. The summed E-state index contributed by atoms with van der Waals surface area (Å²) in [6.45, 7) is 0. The lowest BCUT2D eigenvalue weighted by molar-refractivity contribution is 0.359. The van der Waals surface area contributed by atoms with Crippen molar-refractivity contribution in [1.82, 2.24) is 20.2 Å². The van der Waals surface area contributed by atoms with Crippen molar-refractivity contribution in [1.29, 1.82) is 0 Å². The van der Waals surface area contributed by atoms with Crippen LogP contribution in [0.4, 0.5) is 5.69 Å². The van der Waals surface area contributed by atoms with E-state index in [1.165, 1.54) is 11.8 Å². The lowest BCUT2D eigenvalue weighted by Crippen LogP contribution is -1.98. The highest BCUT2D eigenvalue weighted by Gasteiger charge is 2.09. The number of hydrogen-bond acceptors (Lipinski definition) is 6. The molecule has 0 aliphatic heterocycles. The molecule has 84 valence electrons.